The standard InChI is InChI=1S/C17H22O4/c1-17(2,3)21-15(18)10-12-6-4-5-11-7-8-13(16(19)20)9-14(11)12/h7-9,12H,4-6,10H2,1-3H3,(H,19,20). The zero-order valence-electron chi connectivity index (χ0n) is 12.8. The van der Waals surface area contributed by atoms with E-state index in [1.54, 1.807) is 12.1 Å². The average Bonchev–Trinajstić information content (AvgIpc) is 2.36. The summed E-state index contributed by atoms with van der Waals surface area (Å²) >= 11 is 0. The third-order valence-corrected chi connectivity index (χ3v) is 3.66. The van der Waals surface area contributed by atoms with Crippen molar-refractivity contribution < 1.29 is 19.4 Å². The van der Waals surface area contributed by atoms with E-state index in [4.69, 9.17) is 9.84 Å². The maximum atomic E-state index is 12.0. The van der Waals surface area contributed by atoms with E-state index in [0.717, 1.165) is 30.4 Å². The Hall–Kier alpha value is -1.84. The van der Waals surface area contributed by atoms with Crippen molar-refractivity contribution in [2.75, 3.05) is 0 Å². The number of hydrogen-bond acceptors (Lipinski definition) is 3. The Morgan fingerprint density at radius 2 is 2.05 bits per heavy atom. The summed E-state index contributed by atoms with van der Waals surface area (Å²) in [6, 6.07) is 5.23. The number of carboxylic acids is 1. The van der Waals surface area contributed by atoms with Gasteiger partial charge in [-0.25, -0.2) is 4.79 Å². The molecule has 1 aliphatic carbocycles. The largest absolute Gasteiger partial charge is 0.478 e. The summed E-state index contributed by atoms with van der Waals surface area (Å²) < 4.78 is 5.38. The smallest absolute Gasteiger partial charge is 0.335 e. The Balaban J connectivity index is 2.19. The summed E-state index contributed by atoms with van der Waals surface area (Å²) in [5, 5.41) is 9.12. The van der Waals surface area contributed by atoms with Crippen LogP contribution < -0.4 is 0 Å². The average molecular weight is 290 g/mol. The predicted molar refractivity (Wildman–Crippen MR) is 79.5 cm³/mol. The fourth-order valence-corrected chi connectivity index (χ4v) is 2.83. The SMILES string of the molecule is CC(C)(C)OC(=O)CC1CCCc2ccc(C(=O)O)cc21. The van der Waals surface area contributed by atoms with Crippen molar-refractivity contribution in [1.29, 1.82) is 0 Å². The molecule has 4 heteroatoms. The van der Waals surface area contributed by atoms with E-state index in [1.165, 1.54) is 0 Å². The highest BCUT2D eigenvalue weighted by Crippen LogP contribution is 2.35. The molecule has 4 nitrogen and oxygen atoms in total. The number of benzene rings is 1. The Morgan fingerprint density at radius 1 is 1.33 bits per heavy atom. The van der Waals surface area contributed by atoms with Gasteiger partial charge in [0.15, 0.2) is 0 Å². The summed E-state index contributed by atoms with van der Waals surface area (Å²) in [6.45, 7) is 5.55. The third kappa shape index (κ3) is 4.06. The normalized spacial score (nSPS) is 18.0. The van der Waals surface area contributed by atoms with Gasteiger partial charge in [-0.3, -0.25) is 4.79 Å². The van der Waals surface area contributed by atoms with Crippen LogP contribution in [0.25, 0.3) is 0 Å². The summed E-state index contributed by atoms with van der Waals surface area (Å²) in [5.74, 6) is -1.09. The van der Waals surface area contributed by atoms with E-state index in [0.29, 0.717) is 6.42 Å². The minimum absolute atomic E-state index is 0.0582. The van der Waals surface area contributed by atoms with E-state index < -0.39 is 11.6 Å². The van der Waals surface area contributed by atoms with Gasteiger partial charge in [-0.1, -0.05) is 6.07 Å². The van der Waals surface area contributed by atoms with Crippen molar-refractivity contribution in [3.05, 3.63) is 34.9 Å². The fraction of sp³-hybridized carbons (Fsp3) is 0.529. The number of hydrogen-bond donors (Lipinski definition) is 1. The van der Waals surface area contributed by atoms with Gasteiger partial charge in [0.05, 0.1) is 12.0 Å². The summed E-state index contributed by atoms with van der Waals surface area (Å²) in [7, 11) is 0. The van der Waals surface area contributed by atoms with Gasteiger partial charge in [0.2, 0.25) is 0 Å². The molecule has 2 rings (SSSR count). The van der Waals surface area contributed by atoms with E-state index in [-0.39, 0.29) is 17.5 Å². The highest BCUT2D eigenvalue weighted by molar-refractivity contribution is 5.88. The lowest BCUT2D eigenvalue weighted by Crippen LogP contribution is -2.25. The molecular formula is C17H22O4. The Kier molecular flexibility index (Phi) is 4.35. The molecule has 0 saturated heterocycles. The number of rotatable bonds is 3. The lowest BCUT2D eigenvalue weighted by molar-refractivity contribution is -0.155. The van der Waals surface area contributed by atoms with Crippen LogP contribution in [0.4, 0.5) is 0 Å². The number of carbonyl (C=O) groups is 2. The first kappa shape index (κ1) is 15.5. The molecule has 0 radical (unpaired) electrons. The molecule has 1 atom stereocenters. The fourth-order valence-electron chi connectivity index (χ4n) is 2.83. The summed E-state index contributed by atoms with van der Waals surface area (Å²) in [5.41, 5.74) is 1.94. The first-order chi connectivity index (χ1) is 9.76. The third-order valence-electron chi connectivity index (χ3n) is 3.66. The van der Waals surface area contributed by atoms with E-state index in [2.05, 4.69) is 0 Å². The lowest BCUT2D eigenvalue weighted by atomic mass is 9.80. The number of aryl methyl sites for hydroxylation is 1. The van der Waals surface area contributed by atoms with Gasteiger partial charge in [-0.05, 0) is 69.2 Å². The van der Waals surface area contributed by atoms with Crippen LogP contribution in [0.1, 0.15) is 67.4 Å². The number of carboxylic acid groups (broad SMARTS) is 1. The van der Waals surface area contributed by atoms with Crippen molar-refractivity contribution in [3.8, 4) is 0 Å². The topological polar surface area (TPSA) is 63.6 Å². The maximum absolute atomic E-state index is 12.0. The molecule has 0 heterocycles. The van der Waals surface area contributed by atoms with E-state index >= 15 is 0 Å². The van der Waals surface area contributed by atoms with Crippen LogP contribution in [0.2, 0.25) is 0 Å². The molecule has 114 valence electrons. The molecule has 0 fully saturated rings. The zero-order chi connectivity index (χ0) is 15.6. The van der Waals surface area contributed by atoms with Crippen molar-refractivity contribution >= 4 is 11.9 Å². The minimum Gasteiger partial charge on any atom is -0.478 e. The van der Waals surface area contributed by atoms with Crippen LogP contribution in [0.15, 0.2) is 18.2 Å². The second-order valence-corrected chi connectivity index (χ2v) is 6.60. The predicted octanol–water partition coefficient (Wildman–Crippen LogP) is 3.54. The van der Waals surface area contributed by atoms with Gasteiger partial charge < -0.3 is 9.84 Å². The molecule has 0 bridgehead atoms. The molecule has 0 spiro atoms. The van der Waals surface area contributed by atoms with Crippen molar-refractivity contribution in [2.45, 2.75) is 58.0 Å². The van der Waals surface area contributed by atoms with E-state index in [9.17, 15) is 9.59 Å². The van der Waals surface area contributed by atoms with Gasteiger partial charge in [0.25, 0.3) is 0 Å². The molecule has 0 aliphatic heterocycles. The highest BCUT2D eigenvalue weighted by atomic mass is 16.6. The van der Waals surface area contributed by atoms with Crippen LogP contribution in [0.5, 0.6) is 0 Å². The van der Waals surface area contributed by atoms with Crippen molar-refractivity contribution in [1.82, 2.24) is 0 Å². The molecule has 1 aromatic carbocycles. The van der Waals surface area contributed by atoms with Gasteiger partial charge in [-0.2, -0.15) is 0 Å². The molecule has 1 N–H and O–H groups in total. The van der Waals surface area contributed by atoms with Crippen molar-refractivity contribution in [2.24, 2.45) is 0 Å². The quantitative estimate of drug-likeness (QED) is 0.865. The van der Waals surface area contributed by atoms with Crippen LogP contribution in [-0.2, 0) is 16.0 Å². The van der Waals surface area contributed by atoms with Gasteiger partial charge in [-0.15, -0.1) is 0 Å². The number of esters is 1. The molecule has 1 aromatic rings. The Labute approximate surface area is 125 Å². The number of fused-ring (bicyclic) bond motifs is 1. The first-order valence-electron chi connectivity index (χ1n) is 7.34. The van der Waals surface area contributed by atoms with Crippen molar-refractivity contribution in [3.63, 3.8) is 0 Å². The van der Waals surface area contributed by atoms with E-state index in [1.807, 2.05) is 26.8 Å². The monoisotopic (exact) mass is 290 g/mol. The Morgan fingerprint density at radius 3 is 2.67 bits per heavy atom. The molecular weight excluding hydrogens is 268 g/mol. The lowest BCUT2D eigenvalue weighted by Gasteiger charge is -2.27. The first-order valence-corrected chi connectivity index (χ1v) is 7.34. The van der Waals surface area contributed by atoms with Crippen LogP contribution in [0, 0.1) is 0 Å². The van der Waals surface area contributed by atoms with Gasteiger partial charge >= 0.3 is 11.9 Å². The number of carbonyl (C=O) groups excluding carboxylic acids is 1. The highest BCUT2D eigenvalue weighted by Gasteiger charge is 2.26. The second-order valence-electron chi connectivity index (χ2n) is 6.60. The zero-order valence-corrected chi connectivity index (χ0v) is 12.8. The minimum atomic E-state index is -0.931. The number of aromatic carboxylic acids is 1. The second kappa shape index (κ2) is 5.88. The molecule has 21 heavy (non-hydrogen) atoms. The molecule has 1 unspecified atom stereocenters. The molecule has 0 saturated carbocycles. The van der Waals surface area contributed by atoms with Gasteiger partial charge in [0, 0.05) is 0 Å². The number of ether oxygens (including phenoxy) is 1. The van der Waals surface area contributed by atoms with Crippen LogP contribution >= 0.6 is 0 Å². The molecule has 1 aliphatic rings. The molecule has 0 amide bonds. The van der Waals surface area contributed by atoms with Gasteiger partial charge in [0.1, 0.15) is 5.60 Å². The summed E-state index contributed by atoms with van der Waals surface area (Å²) in [6.07, 6.45) is 3.18. The maximum Gasteiger partial charge on any atom is 0.335 e. The van der Waals surface area contributed by atoms with Crippen LogP contribution in [-0.4, -0.2) is 22.6 Å². The summed E-state index contributed by atoms with van der Waals surface area (Å²) in [4.78, 5) is 23.1. The molecule has 0 aromatic heterocycles. The van der Waals surface area contributed by atoms with Crippen LogP contribution in [0.3, 0.4) is 0 Å². The Bertz CT molecular complexity index is 554.